The molecule has 0 radical (unpaired) electrons. The van der Waals surface area contributed by atoms with Gasteiger partial charge in [0.05, 0.1) is 0 Å². The molecule has 0 saturated carbocycles. The van der Waals surface area contributed by atoms with Gasteiger partial charge < -0.3 is 10.1 Å². The molecule has 0 fully saturated rings. The van der Waals surface area contributed by atoms with E-state index in [2.05, 4.69) is 27.2 Å². The number of pyridine rings is 1. The maximum Gasteiger partial charge on any atom is 0.225 e. The lowest BCUT2D eigenvalue weighted by Gasteiger charge is -2.08. The number of para-hydroxylation sites is 1. The number of hydrogen-bond donors (Lipinski definition) is 1. The topological polar surface area (TPSA) is 59.9 Å². The van der Waals surface area contributed by atoms with Crippen LogP contribution in [0.2, 0.25) is 0 Å². The first-order valence-corrected chi connectivity index (χ1v) is 6.95. The van der Waals surface area contributed by atoms with Gasteiger partial charge in [-0.3, -0.25) is 4.98 Å². The molecule has 3 aromatic rings. The van der Waals surface area contributed by atoms with Gasteiger partial charge >= 0.3 is 0 Å². The van der Waals surface area contributed by atoms with Gasteiger partial charge in [-0.15, -0.1) is 0 Å². The van der Waals surface area contributed by atoms with E-state index in [1.807, 2.05) is 30.3 Å². The third-order valence-corrected chi connectivity index (χ3v) is 2.97. The number of rotatable bonds is 5. The largest absolute Gasteiger partial charge is 0.437 e. The number of nitrogens with zero attached hydrogens (tertiary/aromatic N) is 3. The average Bonchev–Trinajstić information content (AvgIpc) is 2.54. The molecule has 21 heavy (non-hydrogen) atoms. The zero-order valence-electron chi connectivity index (χ0n) is 11.8. The van der Waals surface area contributed by atoms with Crippen LogP contribution >= 0.6 is 0 Å². The van der Waals surface area contributed by atoms with E-state index in [0.29, 0.717) is 17.6 Å². The van der Waals surface area contributed by atoms with Gasteiger partial charge in [0.1, 0.15) is 5.52 Å². The quantitative estimate of drug-likeness (QED) is 0.773. The predicted octanol–water partition coefficient (Wildman–Crippen LogP) is 3.64. The first-order valence-electron chi connectivity index (χ1n) is 6.95. The van der Waals surface area contributed by atoms with Gasteiger partial charge in [-0.25, -0.2) is 4.98 Å². The van der Waals surface area contributed by atoms with Crippen LogP contribution in [0.3, 0.4) is 0 Å². The third kappa shape index (κ3) is 3.08. The molecule has 2 heterocycles. The molecule has 0 aliphatic carbocycles. The summed E-state index contributed by atoms with van der Waals surface area (Å²) in [6.07, 6.45) is 4.45. The Morgan fingerprint density at radius 1 is 1.05 bits per heavy atom. The van der Waals surface area contributed by atoms with Gasteiger partial charge in [-0.1, -0.05) is 25.1 Å². The van der Waals surface area contributed by atoms with Gasteiger partial charge in [0.15, 0.2) is 5.75 Å². The van der Waals surface area contributed by atoms with Crippen molar-refractivity contribution in [1.29, 1.82) is 0 Å². The van der Waals surface area contributed by atoms with Gasteiger partial charge in [0, 0.05) is 30.4 Å². The summed E-state index contributed by atoms with van der Waals surface area (Å²) in [6, 6.07) is 11.5. The molecule has 0 atom stereocenters. The van der Waals surface area contributed by atoms with Crippen molar-refractivity contribution in [3.05, 3.63) is 48.8 Å². The molecule has 0 aliphatic rings. The third-order valence-electron chi connectivity index (χ3n) is 2.97. The molecule has 5 nitrogen and oxygen atoms in total. The van der Waals surface area contributed by atoms with E-state index in [1.165, 1.54) is 0 Å². The molecule has 0 amide bonds. The first kappa shape index (κ1) is 13.3. The minimum atomic E-state index is 0.502. The zero-order chi connectivity index (χ0) is 14.5. The Morgan fingerprint density at radius 3 is 2.86 bits per heavy atom. The second-order valence-electron chi connectivity index (χ2n) is 4.58. The van der Waals surface area contributed by atoms with Crippen LogP contribution in [0, 0.1) is 0 Å². The summed E-state index contributed by atoms with van der Waals surface area (Å²) in [5.41, 5.74) is 0.821. The minimum absolute atomic E-state index is 0.502. The molecule has 106 valence electrons. The molecule has 0 aliphatic heterocycles. The fraction of sp³-hybridized carbons (Fsp3) is 0.188. The van der Waals surface area contributed by atoms with E-state index in [4.69, 9.17) is 4.74 Å². The average molecular weight is 280 g/mol. The van der Waals surface area contributed by atoms with E-state index in [9.17, 15) is 0 Å². The van der Waals surface area contributed by atoms with Crippen molar-refractivity contribution in [2.75, 3.05) is 11.9 Å². The molecule has 5 heteroatoms. The van der Waals surface area contributed by atoms with Crippen molar-refractivity contribution in [3.63, 3.8) is 0 Å². The van der Waals surface area contributed by atoms with Crippen LogP contribution in [0.1, 0.15) is 13.3 Å². The van der Waals surface area contributed by atoms with Crippen LogP contribution in [0.25, 0.3) is 10.9 Å². The number of hydrogen-bond acceptors (Lipinski definition) is 5. The van der Waals surface area contributed by atoms with E-state index < -0.39 is 0 Å². The van der Waals surface area contributed by atoms with Gasteiger partial charge in [0.2, 0.25) is 11.8 Å². The number of anilines is 1. The van der Waals surface area contributed by atoms with Crippen LogP contribution in [0.15, 0.2) is 48.8 Å². The maximum atomic E-state index is 5.86. The normalized spacial score (nSPS) is 10.5. The summed E-state index contributed by atoms with van der Waals surface area (Å²) in [4.78, 5) is 12.9. The van der Waals surface area contributed by atoms with Crippen molar-refractivity contribution >= 4 is 16.9 Å². The minimum Gasteiger partial charge on any atom is -0.437 e. The Labute approximate surface area is 123 Å². The Morgan fingerprint density at radius 2 is 1.95 bits per heavy atom. The number of nitrogens with one attached hydrogen (secondary N) is 1. The first-order chi connectivity index (χ1) is 10.4. The summed E-state index contributed by atoms with van der Waals surface area (Å²) in [6.45, 7) is 2.93. The zero-order valence-corrected chi connectivity index (χ0v) is 11.8. The number of aromatic nitrogens is 3. The van der Waals surface area contributed by atoms with Gasteiger partial charge in [-0.05, 0) is 18.6 Å². The fourth-order valence-corrected chi connectivity index (χ4v) is 1.99. The molecule has 1 aromatic carbocycles. The van der Waals surface area contributed by atoms with Crippen molar-refractivity contribution < 1.29 is 4.74 Å². The molecule has 2 aromatic heterocycles. The molecule has 0 bridgehead atoms. The van der Waals surface area contributed by atoms with E-state index in [-0.39, 0.29) is 0 Å². The standard InChI is InChI=1S/C16H16N4O/c1-2-9-18-16-19-11-8-14(20-16)21-13-7-3-5-12-6-4-10-17-15(12)13/h3-8,10-11H,2,9H2,1H3,(H,18,19,20). The van der Waals surface area contributed by atoms with Gasteiger partial charge in [-0.2, -0.15) is 4.98 Å². The summed E-state index contributed by atoms with van der Waals surface area (Å²) in [5.74, 6) is 1.76. The molecule has 1 N–H and O–H groups in total. The van der Waals surface area contributed by atoms with Crippen molar-refractivity contribution in [2.24, 2.45) is 0 Å². The lowest BCUT2D eigenvalue weighted by atomic mass is 10.2. The molecule has 3 rings (SSSR count). The van der Waals surface area contributed by atoms with Crippen LogP contribution in [0.4, 0.5) is 5.95 Å². The lowest BCUT2D eigenvalue weighted by Crippen LogP contribution is -2.04. The smallest absolute Gasteiger partial charge is 0.225 e. The maximum absolute atomic E-state index is 5.86. The molecular formula is C16H16N4O. The molecular weight excluding hydrogens is 264 g/mol. The predicted molar refractivity (Wildman–Crippen MR) is 82.6 cm³/mol. The second kappa shape index (κ2) is 6.17. The fourth-order valence-electron chi connectivity index (χ4n) is 1.99. The lowest BCUT2D eigenvalue weighted by molar-refractivity contribution is 0.466. The van der Waals surface area contributed by atoms with Crippen molar-refractivity contribution in [3.8, 4) is 11.6 Å². The molecule has 0 saturated heterocycles. The highest BCUT2D eigenvalue weighted by Gasteiger charge is 2.06. The van der Waals surface area contributed by atoms with Crippen LogP contribution < -0.4 is 10.1 Å². The Bertz CT molecular complexity index is 740. The number of fused-ring (bicyclic) bond motifs is 1. The van der Waals surface area contributed by atoms with Gasteiger partial charge in [0.25, 0.3) is 0 Å². The number of ether oxygens (including phenoxy) is 1. The highest BCUT2D eigenvalue weighted by Crippen LogP contribution is 2.27. The highest BCUT2D eigenvalue weighted by atomic mass is 16.5. The second-order valence-corrected chi connectivity index (χ2v) is 4.58. The summed E-state index contributed by atoms with van der Waals surface area (Å²) in [5, 5.41) is 4.18. The van der Waals surface area contributed by atoms with E-state index in [1.54, 1.807) is 18.5 Å². The number of benzene rings is 1. The SMILES string of the molecule is CCCNc1nccc(Oc2cccc3cccnc23)n1. The Hall–Kier alpha value is -2.69. The van der Waals surface area contributed by atoms with Crippen LogP contribution in [0.5, 0.6) is 11.6 Å². The Kier molecular flexibility index (Phi) is 3.91. The Balaban J connectivity index is 1.88. The van der Waals surface area contributed by atoms with E-state index >= 15 is 0 Å². The monoisotopic (exact) mass is 280 g/mol. The molecule has 0 spiro atoms. The van der Waals surface area contributed by atoms with Crippen LogP contribution in [-0.2, 0) is 0 Å². The molecule has 0 unspecified atom stereocenters. The highest BCUT2D eigenvalue weighted by molar-refractivity contribution is 5.84. The van der Waals surface area contributed by atoms with Crippen molar-refractivity contribution in [2.45, 2.75) is 13.3 Å². The van der Waals surface area contributed by atoms with Crippen molar-refractivity contribution in [1.82, 2.24) is 15.0 Å². The van der Waals surface area contributed by atoms with Crippen LogP contribution in [-0.4, -0.2) is 21.5 Å². The summed E-state index contributed by atoms with van der Waals surface area (Å²) < 4.78 is 5.86. The summed E-state index contributed by atoms with van der Waals surface area (Å²) >= 11 is 0. The van der Waals surface area contributed by atoms with E-state index in [0.717, 1.165) is 23.9 Å². The summed E-state index contributed by atoms with van der Waals surface area (Å²) in [7, 11) is 0.